The number of anilines is 1. The summed E-state index contributed by atoms with van der Waals surface area (Å²) in [4.78, 5) is 22.9. The van der Waals surface area contributed by atoms with Crippen LogP contribution in [0.5, 0.6) is 0 Å². The molecule has 0 spiro atoms. The molecule has 0 radical (unpaired) electrons. The van der Waals surface area contributed by atoms with Gasteiger partial charge in [-0.15, -0.1) is 0 Å². The van der Waals surface area contributed by atoms with Gasteiger partial charge in [0.1, 0.15) is 11.4 Å². The molecule has 0 atom stereocenters. The summed E-state index contributed by atoms with van der Waals surface area (Å²) in [6.07, 6.45) is 1.46. The quantitative estimate of drug-likeness (QED) is 0.703. The fraction of sp³-hybridized carbons (Fsp3) is 0.333. The van der Waals surface area contributed by atoms with Crippen LogP contribution in [-0.4, -0.2) is 22.5 Å². The number of carbonyl (C=O) groups is 2. The molecule has 0 bridgehead atoms. The maximum absolute atomic E-state index is 13.5. The van der Waals surface area contributed by atoms with Crippen molar-refractivity contribution in [1.82, 2.24) is 5.32 Å². The van der Waals surface area contributed by atoms with Gasteiger partial charge in [-0.2, -0.15) is 0 Å². The lowest BCUT2D eigenvalue weighted by Gasteiger charge is -2.38. The van der Waals surface area contributed by atoms with Crippen molar-refractivity contribution in [2.75, 3.05) is 5.73 Å². The Kier molecular flexibility index (Phi) is 2.94. The van der Waals surface area contributed by atoms with Crippen molar-refractivity contribution in [3.05, 3.63) is 29.6 Å². The molecule has 0 heterocycles. The highest BCUT2D eigenvalue weighted by molar-refractivity contribution is 5.98. The topological polar surface area (TPSA) is 92.4 Å². The van der Waals surface area contributed by atoms with E-state index in [4.69, 9.17) is 10.8 Å². The average molecular weight is 252 g/mol. The Morgan fingerprint density at radius 1 is 1.39 bits per heavy atom. The predicted octanol–water partition coefficient (Wildman–Crippen LogP) is 1.14. The first-order valence-electron chi connectivity index (χ1n) is 5.55. The molecule has 1 aromatic rings. The number of halogens is 1. The lowest BCUT2D eigenvalue weighted by Crippen LogP contribution is -2.59. The molecule has 4 N–H and O–H groups in total. The zero-order chi connectivity index (χ0) is 13.3. The van der Waals surface area contributed by atoms with Crippen LogP contribution in [-0.2, 0) is 4.79 Å². The summed E-state index contributed by atoms with van der Waals surface area (Å²) < 4.78 is 13.5. The maximum atomic E-state index is 13.5. The van der Waals surface area contributed by atoms with Crippen LogP contribution >= 0.6 is 0 Å². The van der Waals surface area contributed by atoms with Gasteiger partial charge in [0, 0.05) is 5.69 Å². The lowest BCUT2D eigenvalue weighted by molar-refractivity contribution is -0.148. The average Bonchev–Trinajstić information content (AvgIpc) is 2.22. The molecule has 0 unspecified atom stereocenters. The normalized spacial score (nSPS) is 16.7. The number of benzene rings is 1. The number of hydrogen-bond donors (Lipinski definition) is 3. The number of nitrogens with two attached hydrogens (primary N) is 1. The van der Waals surface area contributed by atoms with E-state index in [-0.39, 0.29) is 11.3 Å². The van der Waals surface area contributed by atoms with E-state index in [1.54, 1.807) is 0 Å². The zero-order valence-electron chi connectivity index (χ0n) is 9.57. The third kappa shape index (κ3) is 2.01. The number of hydrogen-bond acceptors (Lipinski definition) is 3. The van der Waals surface area contributed by atoms with Crippen LogP contribution in [0.15, 0.2) is 18.2 Å². The first-order chi connectivity index (χ1) is 8.44. The number of amides is 1. The Morgan fingerprint density at radius 2 is 2.06 bits per heavy atom. The van der Waals surface area contributed by atoms with E-state index in [0.717, 1.165) is 12.5 Å². The third-order valence-electron chi connectivity index (χ3n) is 3.21. The summed E-state index contributed by atoms with van der Waals surface area (Å²) in [7, 11) is 0. The largest absolute Gasteiger partial charge is 0.480 e. The van der Waals surface area contributed by atoms with E-state index in [2.05, 4.69) is 5.32 Å². The van der Waals surface area contributed by atoms with Gasteiger partial charge < -0.3 is 16.2 Å². The molecular formula is C12H13FN2O3. The Morgan fingerprint density at radius 3 is 2.50 bits per heavy atom. The summed E-state index contributed by atoms with van der Waals surface area (Å²) in [6.45, 7) is 0. The summed E-state index contributed by atoms with van der Waals surface area (Å²) in [5, 5.41) is 11.5. The van der Waals surface area contributed by atoms with E-state index >= 15 is 0 Å². The van der Waals surface area contributed by atoms with Gasteiger partial charge in [0.2, 0.25) is 0 Å². The molecule has 1 aromatic carbocycles. The van der Waals surface area contributed by atoms with E-state index in [1.165, 1.54) is 12.1 Å². The lowest BCUT2D eigenvalue weighted by atomic mass is 9.76. The number of rotatable bonds is 3. The highest BCUT2D eigenvalue weighted by atomic mass is 19.1. The minimum Gasteiger partial charge on any atom is -0.480 e. The Labute approximate surface area is 103 Å². The second kappa shape index (κ2) is 4.29. The van der Waals surface area contributed by atoms with Gasteiger partial charge in [-0.3, -0.25) is 4.79 Å². The van der Waals surface area contributed by atoms with Crippen LogP contribution in [0.4, 0.5) is 10.1 Å². The Bertz CT molecular complexity index is 512. The summed E-state index contributed by atoms with van der Waals surface area (Å²) >= 11 is 0. The molecule has 1 aliphatic carbocycles. The van der Waals surface area contributed by atoms with Gasteiger partial charge in [-0.05, 0) is 37.5 Å². The van der Waals surface area contributed by atoms with Crippen molar-refractivity contribution in [2.45, 2.75) is 24.8 Å². The minimum absolute atomic E-state index is 0.197. The number of aliphatic carboxylic acids is 1. The number of carboxylic acids is 1. The van der Waals surface area contributed by atoms with Crippen LogP contribution in [0.2, 0.25) is 0 Å². The summed E-state index contributed by atoms with van der Waals surface area (Å²) in [5.41, 5.74) is 4.14. The van der Waals surface area contributed by atoms with Crippen LogP contribution in [0, 0.1) is 5.82 Å². The van der Waals surface area contributed by atoms with Crippen molar-refractivity contribution < 1.29 is 19.1 Å². The standard InChI is InChI=1S/C12H13FN2O3/c13-9-6-7(14)2-3-8(9)10(16)15-12(11(17)18)4-1-5-12/h2-3,6H,1,4-5,14H2,(H,15,16)(H,17,18). The summed E-state index contributed by atoms with van der Waals surface area (Å²) in [5.74, 6) is -2.57. The molecule has 0 saturated heterocycles. The maximum Gasteiger partial charge on any atom is 0.329 e. The van der Waals surface area contributed by atoms with Crippen LogP contribution in [0.3, 0.4) is 0 Å². The highest BCUT2D eigenvalue weighted by Crippen LogP contribution is 2.32. The second-order valence-corrected chi connectivity index (χ2v) is 4.43. The minimum atomic E-state index is -1.25. The van der Waals surface area contributed by atoms with E-state index in [1.807, 2.05) is 0 Å². The van der Waals surface area contributed by atoms with Gasteiger partial charge in [0.05, 0.1) is 5.56 Å². The van der Waals surface area contributed by atoms with Crippen LogP contribution < -0.4 is 11.1 Å². The smallest absolute Gasteiger partial charge is 0.329 e. The number of nitrogen functional groups attached to an aromatic ring is 1. The van der Waals surface area contributed by atoms with Crippen molar-refractivity contribution in [2.24, 2.45) is 0 Å². The number of carboxylic acid groups (broad SMARTS) is 1. The van der Waals surface area contributed by atoms with Crippen molar-refractivity contribution in [3.63, 3.8) is 0 Å². The Balaban J connectivity index is 2.19. The molecule has 1 aliphatic rings. The molecule has 5 nitrogen and oxygen atoms in total. The summed E-state index contributed by atoms with van der Waals surface area (Å²) in [6, 6.07) is 3.67. The molecule has 0 aromatic heterocycles. The van der Waals surface area contributed by atoms with Gasteiger partial charge in [0.15, 0.2) is 0 Å². The molecule has 6 heteroatoms. The molecule has 18 heavy (non-hydrogen) atoms. The first-order valence-corrected chi connectivity index (χ1v) is 5.55. The van der Waals surface area contributed by atoms with Gasteiger partial charge in [0.25, 0.3) is 5.91 Å². The van der Waals surface area contributed by atoms with Gasteiger partial charge >= 0.3 is 5.97 Å². The van der Waals surface area contributed by atoms with Crippen molar-refractivity contribution in [3.8, 4) is 0 Å². The molecular weight excluding hydrogens is 239 g/mol. The SMILES string of the molecule is Nc1ccc(C(=O)NC2(C(=O)O)CCC2)c(F)c1. The zero-order valence-corrected chi connectivity index (χ0v) is 9.57. The molecule has 1 amide bonds. The van der Waals surface area contributed by atoms with Crippen molar-refractivity contribution in [1.29, 1.82) is 0 Å². The van der Waals surface area contributed by atoms with Crippen molar-refractivity contribution >= 4 is 17.6 Å². The van der Waals surface area contributed by atoms with Crippen LogP contribution in [0.1, 0.15) is 29.6 Å². The second-order valence-electron chi connectivity index (χ2n) is 4.43. The fourth-order valence-electron chi connectivity index (χ4n) is 1.92. The fourth-order valence-corrected chi connectivity index (χ4v) is 1.92. The highest BCUT2D eigenvalue weighted by Gasteiger charge is 2.45. The monoisotopic (exact) mass is 252 g/mol. The molecule has 1 fully saturated rings. The van der Waals surface area contributed by atoms with E-state index in [9.17, 15) is 14.0 Å². The van der Waals surface area contributed by atoms with Gasteiger partial charge in [-0.1, -0.05) is 0 Å². The number of nitrogens with one attached hydrogen (secondary N) is 1. The van der Waals surface area contributed by atoms with Crippen LogP contribution in [0.25, 0.3) is 0 Å². The van der Waals surface area contributed by atoms with E-state index in [0.29, 0.717) is 12.8 Å². The molecule has 2 rings (SSSR count). The van der Waals surface area contributed by atoms with E-state index < -0.39 is 23.2 Å². The predicted molar refractivity (Wildman–Crippen MR) is 62.5 cm³/mol. The third-order valence-corrected chi connectivity index (χ3v) is 3.21. The molecule has 1 saturated carbocycles. The molecule has 96 valence electrons. The Hall–Kier alpha value is -2.11. The molecule has 0 aliphatic heterocycles. The van der Waals surface area contributed by atoms with Gasteiger partial charge in [-0.25, -0.2) is 9.18 Å². The number of carbonyl (C=O) groups excluding carboxylic acids is 1. The first kappa shape index (κ1) is 12.3.